The summed E-state index contributed by atoms with van der Waals surface area (Å²) in [7, 11) is 0. The Balaban J connectivity index is 1.69. The second kappa shape index (κ2) is 8.82. The Labute approximate surface area is 194 Å². The van der Waals surface area contributed by atoms with Crippen molar-refractivity contribution >= 4 is 11.7 Å². The highest BCUT2D eigenvalue weighted by molar-refractivity contribution is 5.95. The van der Waals surface area contributed by atoms with Crippen molar-refractivity contribution in [3.05, 3.63) is 23.9 Å². The first kappa shape index (κ1) is 24.4. The van der Waals surface area contributed by atoms with Gasteiger partial charge >= 0.3 is 6.18 Å². The van der Waals surface area contributed by atoms with E-state index in [1.165, 1.54) is 17.0 Å². The lowest BCUT2D eigenvalue weighted by atomic mass is 9.75. The number of anilines is 1. The molecular formula is C24H35F3N4O2. The number of nitrogens with zero attached hydrogens (tertiary/aromatic N) is 4. The van der Waals surface area contributed by atoms with Crippen LogP contribution >= 0.6 is 0 Å². The lowest BCUT2D eigenvalue weighted by Crippen LogP contribution is -2.65. The standard InChI is InChI=1S/C24H35F3N4O2/c1-5-17(2)29-10-12-30(13-11-29)23-9-14-33-22(4,15-23)18(3)21(32)31(16-23)20-8-6-7-19(28-20)24(25,26)27/h6-8,17-18H,5,9-16H2,1-4H3. The first-order chi connectivity index (χ1) is 15.5. The molecule has 184 valence electrons. The minimum Gasteiger partial charge on any atom is -0.374 e. The smallest absolute Gasteiger partial charge is 0.374 e. The zero-order valence-electron chi connectivity index (χ0n) is 20.0. The van der Waals surface area contributed by atoms with E-state index in [2.05, 4.69) is 28.6 Å². The van der Waals surface area contributed by atoms with Gasteiger partial charge in [-0.15, -0.1) is 0 Å². The summed E-state index contributed by atoms with van der Waals surface area (Å²) in [6.07, 6.45) is -2.06. The van der Waals surface area contributed by atoms with E-state index in [1.54, 1.807) is 0 Å². The van der Waals surface area contributed by atoms with Crippen LogP contribution in [0.3, 0.4) is 0 Å². The molecular weight excluding hydrogens is 433 g/mol. The van der Waals surface area contributed by atoms with Crippen LogP contribution in [0.5, 0.6) is 0 Å². The molecule has 1 amide bonds. The van der Waals surface area contributed by atoms with Gasteiger partial charge in [-0.25, -0.2) is 4.98 Å². The summed E-state index contributed by atoms with van der Waals surface area (Å²) >= 11 is 0. The fraction of sp³-hybridized carbons (Fsp3) is 0.750. The van der Waals surface area contributed by atoms with E-state index in [1.807, 2.05) is 13.8 Å². The molecule has 0 radical (unpaired) electrons. The highest BCUT2D eigenvalue weighted by atomic mass is 19.4. The lowest BCUT2D eigenvalue weighted by molar-refractivity contribution is -0.156. The number of hydrogen-bond acceptors (Lipinski definition) is 5. The van der Waals surface area contributed by atoms with Gasteiger partial charge in [0.1, 0.15) is 11.5 Å². The van der Waals surface area contributed by atoms with Crippen LogP contribution < -0.4 is 4.90 Å². The van der Waals surface area contributed by atoms with Crippen LogP contribution in [0.25, 0.3) is 0 Å². The third-order valence-corrected chi connectivity index (χ3v) is 8.18. The number of pyridine rings is 1. The molecule has 4 atom stereocenters. The molecule has 3 aliphatic heterocycles. The number of piperazine rings is 1. The molecule has 4 heterocycles. The van der Waals surface area contributed by atoms with Crippen molar-refractivity contribution < 1.29 is 22.7 Å². The van der Waals surface area contributed by atoms with Gasteiger partial charge in [0.15, 0.2) is 0 Å². The minimum absolute atomic E-state index is 0.0652. The van der Waals surface area contributed by atoms with E-state index in [4.69, 9.17) is 4.74 Å². The third-order valence-electron chi connectivity index (χ3n) is 8.18. The zero-order chi connectivity index (χ0) is 24.0. The normalized spacial score (nSPS) is 33.1. The molecule has 6 nitrogen and oxygen atoms in total. The summed E-state index contributed by atoms with van der Waals surface area (Å²) in [5, 5.41) is 0. The predicted molar refractivity (Wildman–Crippen MR) is 120 cm³/mol. The van der Waals surface area contributed by atoms with Gasteiger partial charge in [0.05, 0.1) is 11.5 Å². The second-order valence-corrected chi connectivity index (χ2v) is 10.1. The average molecular weight is 469 g/mol. The number of hydrogen-bond donors (Lipinski definition) is 0. The van der Waals surface area contributed by atoms with Crippen LogP contribution in [0.15, 0.2) is 18.2 Å². The number of carbonyl (C=O) groups is 1. The lowest BCUT2D eigenvalue weighted by Gasteiger charge is -2.54. The van der Waals surface area contributed by atoms with Crippen molar-refractivity contribution in [2.24, 2.45) is 5.92 Å². The first-order valence-electron chi connectivity index (χ1n) is 12.0. The molecule has 0 N–H and O–H groups in total. The summed E-state index contributed by atoms with van der Waals surface area (Å²) in [4.78, 5) is 23.9. The molecule has 3 saturated heterocycles. The summed E-state index contributed by atoms with van der Waals surface area (Å²) in [5.41, 5.74) is -2.00. The molecule has 0 aromatic carbocycles. The number of alkyl halides is 3. The monoisotopic (exact) mass is 468 g/mol. The summed E-state index contributed by atoms with van der Waals surface area (Å²) in [6, 6.07) is 4.30. The molecule has 4 rings (SSSR count). The van der Waals surface area contributed by atoms with E-state index < -0.39 is 23.4 Å². The second-order valence-electron chi connectivity index (χ2n) is 10.1. The number of halogens is 3. The summed E-state index contributed by atoms with van der Waals surface area (Å²) in [6.45, 7) is 12.7. The molecule has 0 saturated carbocycles. The average Bonchev–Trinajstić information content (AvgIpc) is 2.85. The van der Waals surface area contributed by atoms with Gasteiger partial charge in [0, 0.05) is 50.9 Å². The van der Waals surface area contributed by atoms with Crippen LogP contribution in [0, 0.1) is 5.92 Å². The van der Waals surface area contributed by atoms with E-state index in [0.717, 1.165) is 45.1 Å². The number of rotatable bonds is 4. The van der Waals surface area contributed by atoms with Crippen LogP contribution in [0.2, 0.25) is 0 Å². The van der Waals surface area contributed by atoms with Gasteiger partial charge in [-0.1, -0.05) is 19.9 Å². The number of amides is 1. The Bertz CT molecular complexity index is 874. The van der Waals surface area contributed by atoms with E-state index in [-0.39, 0.29) is 17.3 Å². The van der Waals surface area contributed by atoms with Crippen molar-refractivity contribution in [1.29, 1.82) is 0 Å². The number of aromatic nitrogens is 1. The maximum atomic E-state index is 13.6. The fourth-order valence-electron chi connectivity index (χ4n) is 5.74. The van der Waals surface area contributed by atoms with E-state index >= 15 is 0 Å². The molecule has 1 aromatic heterocycles. The number of ether oxygens (including phenoxy) is 1. The SMILES string of the molecule is CCC(C)N1CCN(C23CCOC(C)(C2)C(C)C(=O)N(c2cccc(C(F)(F)F)n2)C3)CC1. The third kappa shape index (κ3) is 4.51. The van der Waals surface area contributed by atoms with Gasteiger partial charge in [0.25, 0.3) is 0 Å². The number of fused-ring (bicyclic) bond motifs is 2. The highest BCUT2D eigenvalue weighted by Gasteiger charge is 2.56. The van der Waals surface area contributed by atoms with Gasteiger partial charge in [-0.2, -0.15) is 13.2 Å². The summed E-state index contributed by atoms with van der Waals surface area (Å²) in [5.74, 6) is -0.654. The highest BCUT2D eigenvalue weighted by Crippen LogP contribution is 2.45. The maximum absolute atomic E-state index is 13.6. The predicted octanol–water partition coefficient (Wildman–Crippen LogP) is 3.81. The molecule has 0 aliphatic carbocycles. The molecule has 33 heavy (non-hydrogen) atoms. The zero-order valence-corrected chi connectivity index (χ0v) is 20.0. The van der Waals surface area contributed by atoms with Crippen LogP contribution in [-0.2, 0) is 15.7 Å². The van der Waals surface area contributed by atoms with Crippen LogP contribution in [0.1, 0.15) is 52.7 Å². The molecule has 2 bridgehead atoms. The van der Waals surface area contributed by atoms with Crippen LogP contribution in [-0.4, -0.2) is 77.2 Å². The van der Waals surface area contributed by atoms with Gasteiger partial charge in [-0.05, 0) is 45.2 Å². The fourth-order valence-corrected chi connectivity index (χ4v) is 5.74. The van der Waals surface area contributed by atoms with Crippen molar-refractivity contribution in [3.8, 4) is 0 Å². The molecule has 1 aromatic rings. The Morgan fingerprint density at radius 1 is 1.24 bits per heavy atom. The van der Waals surface area contributed by atoms with Crippen LogP contribution in [0.4, 0.5) is 19.0 Å². The first-order valence-corrected chi connectivity index (χ1v) is 12.0. The quantitative estimate of drug-likeness (QED) is 0.673. The van der Waals surface area contributed by atoms with Crippen molar-refractivity contribution in [1.82, 2.24) is 14.8 Å². The maximum Gasteiger partial charge on any atom is 0.433 e. The largest absolute Gasteiger partial charge is 0.433 e. The minimum atomic E-state index is -4.56. The Kier molecular flexibility index (Phi) is 6.52. The van der Waals surface area contributed by atoms with E-state index in [0.29, 0.717) is 25.6 Å². The molecule has 3 aliphatic rings. The Morgan fingerprint density at radius 2 is 1.94 bits per heavy atom. The molecule has 9 heteroatoms. The molecule has 0 spiro atoms. The Hall–Kier alpha value is -1.71. The Morgan fingerprint density at radius 3 is 2.58 bits per heavy atom. The molecule has 3 fully saturated rings. The van der Waals surface area contributed by atoms with E-state index in [9.17, 15) is 18.0 Å². The van der Waals surface area contributed by atoms with Gasteiger partial charge in [0.2, 0.25) is 5.91 Å². The number of carbonyl (C=O) groups excluding carboxylic acids is 1. The summed E-state index contributed by atoms with van der Waals surface area (Å²) < 4.78 is 46.3. The van der Waals surface area contributed by atoms with Crippen molar-refractivity contribution in [2.45, 2.75) is 70.3 Å². The van der Waals surface area contributed by atoms with Gasteiger partial charge < -0.3 is 4.74 Å². The van der Waals surface area contributed by atoms with Crippen molar-refractivity contribution in [3.63, 3.8) is 0 Å². The van der Waals surface area contributed by atoms with Gasteiger partial charge in [-0.3, -0.25) is 19.5 Å². The topological polar surface area (TPSA) is 48.9 Å². The van der Waals surface area contributed by atoms with Crippen molar-refractivity contribution in [2.75, 3.05) is 44.2 Å². The molecule has 4 unspecified atom stereocenters.